The van der Waals surface area contributed by atoms with Crippen LogP contribution in [-0.4, -0.2) is 70.1 Å². The van der Waals surface area contributed by atoms with E-state index in [0.29, 0.717) is 6.29 Å². The number of rotatable bonds is 14. The molecule has 2 rings (SSSR count). The van der Waals surface area contributed by atoms with E-state index in [-0.39, 0.29) is 19.3 Å². The molecule has 0 aliphatic heterocycles. The fourth-order valence-electron chi connectivity index (χ4n) is 3.47. The average molecular weight is 503 g/mol. The van der Waals surface area contributed by atoms with Gasteiger partial charge in [0.05, 0.1) is 18.5 Å². The predicted molar refractivity (Wildman–Crippen MR) is 128 cm³/mol. The van der Waals surface area contributed by atoms with Crippen LogP contribution in [-0.2, 0) is 35.2 Å². The van der Waals surface area contributed by atoms with Gasteiger partial charge in [0.25, 0.3) is 0 Å². The third-order valence-corrected chi connectivity index (χ3v) is 5.34. The summed E-state index contributed by atoms with van der Waals surface area (Å²) in [6.07, 6.45) is 1.09. The number of primary amides is 1. The molecular formula is C23H30N6O7. The van der Waals surface area contributed by atoms with Crippen molar-refractivity contribution in [1.82, 2.24) is 20.9 Å². The molecule has 1 aromatic carbocycles. The molecule has 0 saturated heterocycles. The molecule has 13 nitrogen and oxygen atoms in total. The van der Waals surface area contributed by atoms with E-state index in [2.05, 4.69) is 20.9 Å². The van der Waals surface area contributed by atoms with Crippen LogP contribution in [0.3, 0.4) is 0 Å². The first kappa shape index (κ1) is 28.0. The molecule has 0 radical (unpaired) electrons. The molecule has 0 aliphatic rings. The summed E-state index contributed by atoms with van der Waals surface area (Å²) in [5.74, 6) is -4.63. The normalized spacial score (nSPS) is 14.2. The zero-order valence-electron chi connectivity index (χ0n) is 19.7. The van der Waals surface area contributed by atoms with Crippen LogP contribution in [0.25, 0.3) is 10.9 Å². The van der Waals surface area contributed by atoms with E-state index in [4.69, 9.17) is 11.5 Å². The number of H-pyrrole nitrogens is 1. The van der Waals surface area contributed by atoms with Gasteiger partial charge in [-0.1, -0.05) is 18.2 Å². The molecule has 9 N–H and O–H groups in total. The highest BCUT2D eigenvalue weighted by Gasteiger charge is 2.30. The molecule has 1 aromatic heterocycles. The van der Waals surface area contributed by atoms with Crippen LogP contribution < -0.4 is 27.4 Å². The Morgan fingerprint density at radius 2 is 1.67 bits per heavy atom. The number of amides is 4. The zero-order chi connectivity index (χ0) is 26.8. The molecule has 0 spiro atoms. The van der Waals surface area contributed by atoms with Gasteiger partial charge >= 0.3 is 5.97 Å². The summed E-state index contributed by atoms with van der Waals surface area (Å²) in [5, 5.41) is 17.2. The molecule has 0 bridgehead atoms. The number of aromatic amines is 1. The number of nitrogens with two attached hydrogens (primary N) is 2. The Labute approximate surface area is 206 Å². The van der Waals surface area contributed by atoms with Crippen LogP contribution in [0.2, 0.25) is 0 Å². The van der Waals surface area contributed by atoms with Crippen LogP contribution in [0.15, 0.2) is 30.5 Å². The van der Waals surface area contributed by atoms with Crippen molar-refractivity contribution >= 4 is 46.8 Å². The first-order valence-electron chi connectivity index (χ1n) is 11.2. The van der Waals surface area contributed by atoms with E-state index < -0.39 is 60.2 Å². The predicted octanol–water partition coefficient (Wildman–Crippen LogP) is -1.55. The number of para-hydroxylation sites is 1. The van der Waals surface area contributed by atoms with E-state index in [1.807, 2.05) is 24.3 Å². The molecule has 194 valence electrons. The minimum Gasteiger partial charge on any atom is -0.481 e. The van der Waals surface area contributed by atoms with Gasteiger partial charge in [0, 0.05) is 29.9 Å². The maximum atomic E-state index is 12.9. The van der Waals surface area contributed by atoms with Gasteiger partial charge in [0.1, 0.15) is 18.4 Å². The SMILES string of the molecule is C[C@H](N)C(=O)N[C@@H](CCC(N)=O)C(=O)N[C@@H](CC(=O)O)C(=O)N[C@H](C=O)Cc1c[nH]c2ccccc12. The number of aldehydes is 1. The Kier molecular flexibility index (Phi) is 10.1. The number of hydrogen-bond acceptors (Lipinski definition) is 7. The number of fused-ring (bicyclic) bond motifs is 1. The molecule has 0 fully saturated rings. The third-order valence-electron chi connectivity index (χ3n) is 5.34. The lowest BCUT2D eigenvalue weighted by molar-refractivity contribution is -0.141. The van der Waals surface area contributed by atoms with Crippen molar-refractivity contribution in [3.63, 3.8) is 0 Å². The first-order valence-corrected chi connectivity index (χ1v) is 11.2. The van der Waals surface area contributed by atoms with Crippen molar-refractivity contribution in [3.05, 3.63) is 36.0 Å². The van der Waals surface area contributed by atoms with Crippen molar-refractivity contribution in [2.45, 2.75) is 56.8 Å². The summed E-state index contributed by atoms with van der Waals surface area (Å²) in [7, 11) is 0. The number of hydrogen-bond donors (Lipinski definition) is 7. The average Bonchev–Trinajstić information content (AvgIpc) is 3.22. The summed E-state index contributed by atoms with van der Waals surface area (Å²) < 4.78 is 0. The van der Waals surface area contributed by atoms with Crippen molar-refractivity contribution in [2.24, 2.45) is 11.5 Å². The van der Waals surface area contributed by atoms with Gasteiger partial charge in [0.15, 0.2) is 0 Å². The largest absolute Gasteiger partial charge is 0.481 e. The van der Waals surface area contributed by atoms with Crippen LogP contribution >= 0.6 is 0 Å². The van der Waals surface area contributed by atoms with E-state index in [9.17, 15) is 33.9 Å². The van der Waals surface area contributed by atoms with Crippen molar-refractivity contribution in [3.8, 4) is 0 Å². The van der Waals surface area contributed by atoms with Crippen LogP contribution in [0.5, 0.6) is 0 Å². The Morgan fingerprint density at radius 3 is 2.28 bits per heavy atom. The number of carbonyl (C=O) groups is 6. The maximum Gasteiger partial charge on any atom is 0.305 e. The van der Waals surface area contributed by atoms with Crippen LogP contribution in [0.1, 0.15) is 31.7 Å². The fraction of sp³-hybridized carbons (Fsp3) is 0.391. The second-order valence-electron chi connectivity index (χ2n) is 8.33. The minimum atomic E-state index is -1.57. The van der Waals surface area contributed by atoms with Crippen molar-refractivity contribution in [1.29, 1.82) is 0 Å². The Hall–Kier alpha value is -4.26. The number of benzene rings is 1. The number of aromatic nitrogens is 1. The first-order chi connectivity index (χ1) is 17.0. The number of aliphatic carboxylic acids is 1. The highest BCUT2D eigenvalue weighted by molar-refractivity contribution is 5.95. The van der Waals surface area contributed by atoms with Gasteiger partial charge in [-0.3, -0.25) is 24.0 Å². The van der Waals surface area contributed by atoms with Gasteiger partial charge in [0.2, 0.25) is 23.6 Å². The second kappa shape index (κ2) is 13.0. The third kappa shape index (κ3) is 8.20. The lowest BCUT2D eigenvalue weighted by atomic mass is 10.0. The molecule has 4 amide bonds. The molecule has 2 aromatic rings. The lowest BCUT2D eigenvalue weighted by Crippen LogP contribution is -2.57. The summed E-state index contributed by atoms with van der Waals surface area (Å²) in [4.78, 5) is 74.9. The molecule has 36 heavy (non-hydrogen) atoms. The minimum absolute atomic E-state index is 0.124. The van der Waals surface area contributed by atoms with E-state index in [1.165, 1.54) is 6.92 Å². The summed E-state index contributed by atoms with van der Waals surface area (Å²) in [5.41, 5.74) is 12.2. The van der Waals surface area contributed by atoms with Crippen molar-refractivity contribution < 1.29 is 33.9 Å². The van der Waals surface area contributed by atoms with Gasteiger partial charge in [-0.05, 0) is 25.0 Å². The maximum absolute atomic E-state index is 12.9. The summed E-state index contributed by atoms with van der Waals surface area (Å²) >= 11 is 0. The van der Waals surface area contributed by atoms with Crippen LogP contribution in [0.4, 0.5) is 0 Å². The molecular weight excluding hydrogens is 472 g/mol. The summed E-state index contributed by atoms with van der Waals surface area (Å²) in [6, 6.07) is 2.53. The molecule has 0 aliphatic carbocycles. The molecule has 0 unspecified atom stereocenters. The second-order valence-corrected chi connectivity index (χ2v) is 8.33. The zero-order valence-corrected chi connectivity index (χ0v) is 19.7. The fourth-order valence-corrected chi connectivity index (χ4v) is 3.47. The molecule has 0 saturated carbocycles. The lowest BCUT2D eigenvalue weighted by Gasteiger charge is -2.24. The standard InChI is InChI=1S/C23H30N6O7/c1-12(24)21(34)28-17(6-7-19(25)31)22(35)29-18(9-20(32)33)23(36)27-14(11-30)8-13-10-26-16-5-3-2-4-15(13)16/h2-5,10-12,14,17-18,26H,6-9,24H2,1H3,(H2,25,31)(H,27,36)(H,28,34)(H,29,35)(H,32,33)/t12-,14-,17-,18-/m0/s1. The van der Waals surface area contributed by atoms with E-state index in [1.54, 1.807) is 6.20 Å². The smallest absolute Gasteiger partial charge is 0.305 e. The molecule has 4 atom stereocenters. The van der Waals surface area contributed by atoms with Gasteiger partial charge < -0.3 is 42.3 Å². The number of carbonyl (C=O) groups excluding carboxylic acids is 5. The van der Waals surface area contributed by atoms with E-state index in [0.717, 1.165) is 16.5 Å². The van der Waals surface area contributed by atoms with Gasteiger partial charge in [-0.2, -0.15) is 0 Å². The Morgan fingerprint density at radius 1 is 1.03 bits per heavy atom. The topological polar surface area (TPSA) is 227 Å². The quantitative estimate of drug-likeness (QED) is 0.149. The monoisotopic (exact) mass is 502 g/mol. The highest BCUT2D eigenvalue weighted by atomic mass is 16.4. The van der Waals surface area contributed by atoms with Crippen molar-refractivity contribution in [2.75, 3.05) is 0 Å². The van der Waals surface area contributed by atoms with Gasteiger partial charge in [-0.15, -0.1) is 0 Å². The summed E-state index contributed by atoms with van der Waals surface area (Å²) in [6.45, 7) is 1.38. The molecule has 1 heterocycles. The highest BCUT2D eigenvalue weighted by Crippen LogP contribution is 2.18. The Bertz CT molecular complexity index is 1130. The number of carboxylic acids is 1. The Balaban J connectivity index is 2.14. The number of nitrogens with one attached hydrogen (secondary N) is 4. The number of carboxylic acid groups (broad SMARTS) is 1. The van der Waals surface area contributed by atoms with Crippen LogP contribution in [0, 0.1) is 0 Å². The molecule has 13 heteroatoms. The van der Waals surface area contributed by atoms with Gasteiger partial charge in [-0.25, -0.2) is 0 Å². The van der Waals surface area contributed by atoms with E-state index >= 15 is 0 Å².